The van der Waals surface area contributed by atoms with Gasteiger partial charge in [-0.25, -0.2) is 4.98 Å². The third kappa shape index (κ3) is 3.25. The topological polar surface area (TPSA) is 64.4 Å². The molecular weight excluding hydrogens is 280 g/mol. The third-order valence-corrected chi connectivity index (χ3v) is 3.17. The van der Waals surface area contributed by atoms with Crippen molar-refractivity contribution in [3.05, 3.63) is 53.9 Å². The normalized spacial score (nSPS) is 10.6. The van der Waals surface area contributed by atoms with Crippen molar-refractivity contribution in [1.82, 2.24) is 4.98 Å². The van der Waals surface area contributed by atoms with Gasteiger partial charge in [-0.05, 0) is 37.3 Å². The standard InChI is InChI=1S/C17H16N2O3/c1-11-3-6-14(7-4-11)21-10-17(20)19-13-5-8-16-15(9-13)18-12(2)22-16/h3-9H,10H2,1-2H3,(H,19,20). The Bertz CT molecular complexity index is 806. The van der Waals surface area contributed by atoms with Gasteiger partial charge in [-0.3, -0.25) is 4.79 Å². The second-order valence-corrected chi connectivity index (χ2v) is 5.07. The maximum Gasteiger partial charge on any atom is 0.262 e. The Morgan fingerprint density at radius 3 is 2.73 bits per heavy atom. The molecule has 1 N–H and O–H groups in total. The lowest BCUT2D eigenvalue weighted by Gasteiger charge is -2.07. The fourth-order valence-electron chi connectivity index (χ4n) is 2.10. The van der Waals surface area contributed by atoms with E-state index in [4.69, 9.17) is 9.15 Å². The number of amides is 1. The highest BCUT2D eigenvalue weighted by molar-refractivity contribution is 5.93. The first kappa shape index (κ1) is 14.1. The molecule has 112 valence electrons. The molecule has 0 saturated heterocycles. The summed E-state index contributed by atoms with van der Waals surface area (Å²) in [6.45, 7) is 3.74. The molecule has 22 heavy (non-hydrogen) atoms. The first-order chi connectivity index (χ1) is 10.6. The van der Waals surface area contributed by atoms with Crippen LogP contribution in [0.4, 0.5) is 5.69 Å². The smallest absolute Gasteiger partial charge is 0.262 e. The van der Waals surface area contributed by atoms with Crippen molar-refractivity contribution in [2.75, 3.05) is 11.9 Å². The van der Waals surface area contributed by atoms with Crippen LogP contribution in [-0.2, 0) is 4.79 Å². The quantitative estimate of drug-likeness (QED) is 0.800. The molecular formula is C17H16N2O3. The van der Waals surface area contributed by atoms with E-state index in [0.717, 1.165) is 11.1 Å². The van der Waals surface area contributed by atoms with E-state index in [0.29, 0.717) is 22.9 Å². The van der Waals surface area contributed by atoms with Gasteiger partial charge < -0.3 is 14.5 Å². The Labute approximate surface area is 127 Å². The Balaban J connectivity index is 1.61. The first-order valence-electron chi connectivity index (χ1n) is 6.97. The number of aryl methyl sites for hydroxylation is 2. The zero-order chi connectivity index (χ0) is 15.5. The molecule has 3 aromatic rings. The number of anilines is 1. The highest BCUT2D eigenvalue weighted by Gasteiger charge is 2.07. The minimum Gasteiger partial charge on any atom is -0.484 e. The van der Waals surface area contributed by atoms with Crippen LogP contribution in [0.1, 0.15) is 11.5 Å². The molecule has 1 amide bonds. The number of ether oxygens (including phenoxy) is 1. The van der Waals surface area contributed by atoms with Crippen LogP contribution in [0.25, 0.3) is 11.1 Å². The van der Waals surface area contributed by atoms with Crippen LogP contribution in [0.2, 0.25) is 0 Å². The van der Waals surface area contributed by atoms with E-state index in [1.54, 1.807) is 25.1 Å². The molecule has 0 spiro atoms. The largest absolute Gasteiger partial charge is 0.484 e. The molecule has 0 bridgehead atoms. The second-order valence-electron chi connectivity index (χ2n) is 5.07. The molecule has 5 nitrogen and oxygen atoms in total. The Kier molecular flexibility index (Phi) is 3.78. The van der Waals surface area contributed by atoms with Gasteiger partial charge in [0.2, 0.25) is 0 Å². The summed E-state index contributed by atoms with van der Waals surface area (Å²) in [5, 5.41) is 2.78. The monoisotopic (exact) mass is 296 g/mol. The zero-order valence-corrected chi connectivity index (χ0v) is 12.4. The summed E-state index contributed by atoms with van der Waals surface area (Å²) >= 11 is 0. The minimum atomic E-state index is -0.222. The van der Waals surface area contributed by atoms with E-state index in [9.17, 15) is 4.79 Å². The fraction of sp³-hybridized carbons (Fsp3) is 0.176. The molecule has 5 heteroatoms. The molecule has 1 heterocycles. The lowest BCUT2D eigenvalue weighted by Crippen LogP contribution is -2.20. The van der Waals surface area contributed by atoms with E-state index in [2.05, 4.69) is 10.3 Å². The second kappa shape index (κ2) is 5.89. The van der Waals surface area contributed by atoms with Crippen molar-refractivity contribution in [1.29, 1.82) is 0 Å². The van der Waals surface area contributed by atoms with Crippen LogP contribution in [0.5, 0.6) is 5.75 Å². The lowest BCUT2D eigenvalue weighted by molar-refractivity contribution is -0.118. The zero-order valence-electron chi connectivity index (χ0n) is 12.4. The highest BCUT2D eigenvalue weighted by Crippen LogP contribution is 2.19. The summed E-state index contributed by atoms with van der Waals surface area (Å²) in [6, 6.07) is 12.9. The van der Waals surface area contributed by atoms with Gasteiger partial charge in [0.1, 0.15) is 11.3 Å². The number of benzene rings is 2. The molecule has 0 aliphatic heterocycles. The Morgan fingerprint density at radius 1 is 1.18 bits per heavy atom. The van der Waals surface area contributed by atoms with Gasteiger partial charge >= 0.3 is 0 Å². The molecule has 0 unspecified atom stereocenters. The minimum absolute atomic E-state index is 0.0427. The summed E-state index contributed by atoms with van der Waals surface area (Å²) in [7, 11) is 0. The van der Waals surface area contributed by atoms with E-state index < -0.39 is 0 Å². The average molecular weight is 296 g/mol. The van der Waals surface area contributed by atoms with Crippen molar-refractivity contribution in [2.45, 2.75) is 13.8 Å². The fourth-order valence-corrected chi connectivity index (χ4v) is 2.10. The van der Waals surface area contributed by atoms with Crippen molar-refractivity contribution in [2.24, 2.45) is 0 Å². The SMILES string of the molecule is Cc1ccc(OCC(=O)Nc2ccc3oc(C)nc3c2)cc1. The van der Waals surface area contributed by atoms with Crippen LogP contribution in [0.15, 0.2) is 46.9 Å². The highest BCUT2D eigenvalue weighted by atomic mass is 16.5. The number of nitrogens with one attached hydrogen (secondary N) is 1. The van der Waals surface area contributed by atoms with Crippen LogP contribution < -0.4 is 10.1 Å². The molecule has 0 radical (unpaired) electrons. The van der Waals surface area contributed by atoms with E-state index in [1.165, 1.54) is 0 Å². The number of hydrogen-bond acceptors (Lipinski definition) is 4. The first-order valence-corrected chi connectivity index (χ1v) is 6.97. The molecule has 0 atom stereocenters. The number of hydrogen-bond donors (Lipinski definition) is 1. The van der Waals surface area contributed by atoms with Gasteiger partial charge in [0.25, 0.3) is 5.91 Å². The maximum atomic E-state index is 11.9. The van der Waals surface area contributed by atoms with Crippen LogP contribution in [0.3, 0.4) is 0 Å². The molecule has 2 aromatic carbocycles. The van der Waals surface area contributed by atoms with E-state index in [-0.39, 0.29) is 12.5 Å². The van der Waals surface area contributed by atoms with Gasteiger partial charge in [0.15, 0.2) is 18.1 Å². The number of nitrogens with zero attached hydrogens (tertiary/aromatic N) is 1. The van der Waals surface area contributed by atoms with Crippen molar-refractivity contribution < 1.29 is 13.9 Å². The number of aromatic nitrogens is 1. The van der Waals surface area contributed by atoms with Crippen molar-refractivity contribution in [3.8, 4) is 5.75 Å². The van der Waals surface area contributed by atoms with Gasteiger partial charge in [-0.1, -0.05) is 17.7 Å². The summed E-state index contributed by atoms with van der Waals surface area (Å²) < 4.78 is 10.8. The van der Waals surface area contributed by atoms with Gasteiger partial charge in [0.05, 0.1) is 0 Å². The van der Waals surface area contributed by atoms with Crippen molar-refractivity contribution in [3.63, 3.8) is 0 Å². The summed E-state index contributed by atoms with van der Waals surface area (Å²) in [5.41, 5.74) is 3.23. The molecule has 0 aliphatic carbocycles. The van der Waals surface area contributed by atoms with Crippen LogP contribution >= 0.6 is 0 Å². The molecule has 3 rings (SSSR count). The third-order valence-electron chi connectivity index (χ3n) is 3.17. The Morgan fingerprint density at radius 2 is 1.95 bits per heavy atom. The van der Waals surface area contributed by atoms with Gasteiger partial charge in [-0.2, -0.15) is 0 Å². The van der Waals surface area contributed by atoms with Crippen molar-refractivity contribution >= 4 is 22.7 Å². The van der Waals surface area contributed by atoms with E-state index in [1.807, 2.05) is 31.2 Å². The predicted octanol–water partition coefficient (Wildman–Crippen LogP) is 3.46. The number of carbonyl (C=O) groups is 1. The molecule has 0 aliphatic rings. The summed E-state index contributed by atoms with van der Waals surface area (Å²) in [5.74, 6) is 1.05. The van der Waals surface area contributed by atoms with Crippen LogP contribution in [-0.4, -0.2) is 17.5 Å². The molecule has 0 saturated carbocycles. The number of carbonyl (C=O) groups excluding carboxylic acids is 1. The predicted molar refractivity (Wildman–Crippen MR) is 84.0 cm³/mol. The van der Waals surface area contributed by atoms with Gasteiger partial charge in [0, 0.05) is 12.6 Å². The van der Waals surface area contributed by atoms with Gasteiger partial charge in [-0.15, -0.1) is 0 Å². The summed E-state index contributed by atoms with van der Waals surface area (Å²) in [4.78, 5) is 16.1. The molecule has 0 fully saturated rings. The lowest BCUT2D eigenvalue weighted by atomic mass is 10.2. The number of rotatable bonds is 4. The Hall–Kier alpha value is -2.82. The summed E-state index contributed by atoms with van der Waals surface area (Å²) in [6.07, 6.45) is 0. The molecule has 1 aromatic heterocycles. The van der Waals surface area contributed by atoms with E-state index >= 15 is 0 Å². The average Bonchev–Trinajstić information content (AvgIpc) is 2.86. The number of fused-ring (bicyclic) bond motifs is 1. The van der Waals surface area contributed by atoms with Crippen LogP contribution in [0, 0.1) is 13.8 Å². The number of oxazole rings is 1. The maximum absolute atomic E-state index is 11.9.